The fraction of sp³-hybridized carbons (Fsp3) is 0.500. The van der Waals surface area contributed by atoms with E-state index in [1.165, 1.54) is 21.2 Å². The van der Waals surface area contributed by atoms with Crippen molar-refractivity contribution in [3.05, 3.63) is 48.0 Å². The lowest BCUT2D eigenvalue weighted by Gasteiger charge is -2.44. The SMILES string of the molecule is C[C@@H]1C[NH+](C)C[C@@H](C)C1(O)CCc1ccc2ccccc2c1. The first kappa shape index (κ1) is 15.5. The molecule has 2 aromatic carbocycles. The van der Waals surface area contributed by atoms with Crippen LogP contribution in [0.3, 0.4) is 0 Å². The Bertz CT molecular complexity index is 639. The minimum Gasteiger partial charge on any atom is -0.389 e. The summed E-state index contributed by atoms with van der Waals surface area (Å²) in [4.78, 5) is 1.54. The van der Waals surface area contributed by atoms with Gasteiger partial charge in [-0.15, -0.1) is 0 Å². The molecule has 0 spiro atoms. The molecule has 0 saturated carbocycles. The number of benzene rings is 2. The molecule has 0 aliphatic carbocycles. The fourth-order valence-electron chi connectivity index (χ4n) is 4.20. The second-order valence-corrected chi connectivity index (χ2v) is 7.34. The zero-order chi connectivity index (χ0) is 15.7. The molecule has 0 radical (unpaired) electrons. The number of piperidine rings is 1. The zero-order valence-electron chi connectivity index (χ0n) is 14.0. The van der Waals surface area contributed by atoms with Crippen LogP contribution in [-0.2, 0) is 6.42 Å². The van der Waals surface area contributed by atoms with Gasteiger partial charge in [0.15, 0.2) is 0 Å². The van der Waals surface area contributed by atoms with Gasteiger partial charge in [-0.25, -0.2) is 0 Å². The summed E-state index contributed by atoms with van der Waals surface area (Å²) in [5.74, 6) is 0.716. The average Bonchev–Trinajstić information content (AvgIpc) is 2.50. The Morgan fingerprint density at radius 2 is 1.68 bits per heavy atom. The molecule has 22 heavy (non-hydrogen) atoms. The average molecular weight is 298 g/mol. The van der Waals surface area contributed by atoms with E-state index in [0.717, 1.165) is 25.9 Å². The first-order valence-corrected chi connectivity index (χ1v) is 8.50. The monoisotopic (exact) mass is 298 g/mol. The zero-order valence-corrected chi connectivity index (χ0v) is 14.0. The lowest BCUT2D eigenvalue weighted by Crippen LogP contribution is -3.12. The molecular weight excluding hydrogens is 270 g/mol. The van der Waals surface area contributed by atoms with E-state index in [9.17, 15) is 5.11 Å². The smallest absolute Gasteiger partial charge is 0.0822 e. The summed E-state index contributed by atoms with van der Waals surface area (Å²) in [6.07, 6.45) is 1.82. The van der Waals surface area contributed by atoms with Gasteiger partial charge in [0.25, 0.3) is 0 Å². The summed E-state index contributed by atoms with van der Waals surface area (Å²) < 4.78 is 0. The van der Waals surface area contributed by atoms with Crippen LogP contribution in [0.1, 0.15) is 25.8 Å². The van der Waals surface area contributed by atoms with Crippen LogP contribution in [0.5, 0.6) is 0 Å². The summed E-state index contributed by atoms with van der Waals surface area (Å²) in [5.41, 5.74) is 0.809. The van der Waals surface area contributed by atoms with E-state index >= 15 is 0 Å². The van der Waals surface area contributed by atoms with Crippen molar-refractivity contribution in [2.75, 3.05) is 20.1 Å². The number of aliphatic hydroxyl groups is 1. The van der Waals surface area contributed by atoms with Crippen LogP contribution in [0.25, 0.3) is 10.8 Å². The predicted molar refractivity (Wildman–Crippen MR) is 92.2 cm³/mol. The van der Waals surface area contributed by atoms with Crippen molar-refractivity contribution in [2.24, 2.45) is 11.8 Å². The topological polar surface area (TPSA) is 24.7 Å². The maximum atomic E-state index is 11.2. The third kappa shape index (κ3) is 2.90. The van der Waals surface area contributed by atoms with Gasteiger partial charge in [-0.1, -0.05) is 56.3 Å². The van der Waals surface area contributed by atoms with Crippen molar-refractivity contribution in [2.45, 2.75) is 32.3 Å². The summed E-state index contributed by atoms with van der Waals surface area (Å²) in [6, 6.07) is 15.2. The summed E-state index contributed by atoms with van der Waals surface area (Å²) in [7, 11) is 2.23. The summed E-state index contributed by atoms with van der Waals surface area (Å²) in [6.45, 7) is 6.55. The van der Waals surface area contributed by atoms with Crippen molar-refractivity contribution in [1.82, 2.24) is 0 Å². The Morgan fingerprint density at radius 3 is 2.36 bits per heavy atom. The van der Waals surface area contributed by atoms with Crippen LogP contribution >= 0.6 is 0 Å². The molecule has 2 nitrogen and oxygen atoms in total. The number of likely N-dealkylation sites (tertiary alicyclic amines) is 1. The number of nitrogens with one attached hydrogen (secondary N) is 1. The van der Waals surface area contributed by atoms with E-state index in [2.05, 4.69) is 63.4 Å². The highest BCUT2D eigenvalue weighted by Gasteiger charge is 2.45. The molecule has 0 bridgehead atoms. The Balaban J connectivity index is 1.75. The van der Waals surface area contributed by atoms with Gasteiger partial charge in [-0.3, -0.25) is 0 Å². The Hall–Kier alpha value is -1.38. The van der Waals surface area contributed by atoms with E-state index in [-0.39, 0.29) is 0 Å². The lowest BCUT2D eigenvalue weighted by molar-refractivity contribution is -0.896. The van der Waals surface area contributed by atoms with Gasteiger partial charge in [0, 0.05) is 11.8 Å². The van der Waals surface area contributed by atoms with Crippen LogP contribution < -0.4 is 4.90 Å². The molecule has 1 aliphatic rings. The number of aryl methyl sites for hydroxylation is 1. The first-order chi connectivity index (χ1) is 10.5. The van der Waals surface area contributed by atoms with Crippen LogP contribution in [0, 0.1) is 11.8 Å². The van der Waals surface area contributed by atoms with Crippen LogP contribution in [0.2, 0.25) is 0 Å². The van der Waals surface area contributed by atoms with E-state index in [1.807, 2.05) is 0 Å². The number of fused-ring (bicyclic) bond motifs is 1. The van der Waals surface area contributed by atoms with Crippen LogP contribution in [-0.4, -0.2) is 30.8 Å². The Labute approximate surface area is 133 Å². The third-order valence-electron chi connectivity index (χ3n) is 5.64. The Kier molecular flexibility index (Phi) is 4.24. The summed E-state index contributed by atoms with van der Waals surface area (Å²) in [5, 5.41) is 13.8. The number of hydrogen-bond donors (Lipinski definition) is 2. The molecule has 118 valence electrons. The van der Waals surface area contributed by atoms with Crippen molar-refractivity contribution < 1.29 is 10.0 Å². The molecule has 1 fully saturated rings. The highest BCUT2D eigenvalue weighted by molar-refractivity contribution is 5.82. The van der Waals surface area contributed by atoms with Gasteiger partial charge in [0.05, 0.1) is 25.7 Å². The van der Waals surface area contributed by atoms with Crippen molar-refractivity contribution >= 4 is 10.8 Å². The molecule has 0 unspecified atom stereocenters. The van der Waals surface area contributed by atoms with Gasteiger partial charge in [-0.05, 0) is 29.2 Å². The fourth-order valence-corrected chi connectivity index (χ4v) is 4.20. The molecule has 1 heterocycles. The van der Waals surface area contributed by atoms with E-state index in [4.69, 9.17) is 0 Å². The van der Waals surface area contributed by atoms with Crippen LogP contribution in [0.4, 0.5) is 0 Å². The van der Waals surface area contributed by atoms with E-state index in [0.29, 0.717) is 11.8 Å². The number of hydrogen-bond acceptors (Lipinski definition) is 1. The quantitative estimate of drug-likeness (QED) is 0.893. The minimum atomic E-state index is -0.523. The maximum absolute atomic E-state index is 11.2. The molecule has 3 rings (SSSR count). The molecule has 2 aromatic rings. The highest BCUT2D eigenvalue weighted by atomic mass is 16.3. The molecule has 2 atom stereocenters. The molecule has 0 aromatic heterocycles. The lowest BCUT2D eigenvalue weighted by atomic mass is 9.72. The molecule has 0 amide bonds. The highest BCUT2D eigenvalue weighted by Crippen LogP contribution is 2.32. The molecule has 2 N–H and O–H groups in total. The van der Waals surface area contributed by atoms with E-state index in [1.54, 1.807) is 0 Å². The van der Waals surface area contributed by atoms with Gasteiger partial charge >= 0.3 is 0 Å². The van der Waals surface area contributed by atoms with Gasteiger partial charge in [0.2, 0.25) is 0 Å². The first-order valence-electron chi connectivity index (χ1n) is 8.50. The number of rotatable bonds is 3. The maximum Gasteiger partial charge on any atom is 0.0822 e. The second-order valence-electron chi connectivity index (χ2n) is 7.34. The molecule has 1 aliphatic heterocycles. The third-order valence-corrected chi connectivity index (χ3v) is 5.64. The number of quaternary nitrogens is 1. The van der Waals surface area contributed by atoms with Gasteiger partial charge in [-0.2, -0.15) is 0 Å². The molecule has 2 heteroatoms. The van der Waals surface area contributed by atoms with Crippen molar-refractivity contribution in [3.63, 3.8) is 0 Å². The second kappa shape index (κ2) is 6.02. The van der Waals surface area contributed by atoms with Gasteiger partial charge < -0.3 is 10.0 Å². The summed E-state index contributed by atoms with van der Waals surface area (Å²) >= 11 is 0. The molecule has 1 saturated heterocycles. The largest absolute Gasteiger partial charge is 0.389 e. The Morgan fingerprint density at radius 1 is 1.05 bits per heavy atom. The molecular formula is C20H28NO+. The standard InChI is InChI=1S/C20H27NO/c1-15-13-21(3)14-16(2)20(15,22)11-10-17-8-9-18-6-4-5-7-19(18)12-17/h4-9,12,15-16,22H,10-11,13-14H2,1-3H3/p+1/t15-,16-/m1/s1. The van der Waals surface area contributed by atoms with Gasteiger partial charge in [0.1, 0.15) is 0 Å². The normalized spacial score (nSPS) is 32.3. The van der Waals surface area contributed by atoms with Crippen LogP contribution in [0.15, 0.2) is 42.5 Å². The predicted octanol–water partition coefficient (Wildman–Crippen LogP) is 2.30. The van der Waals surface area contributed by atoms with E-state index < -0.39 is 5.60 Å². The minimum absolute atomic E-state index is 0.358. The van der Waals surface area contributed by atoms with Crippen molar-refractivity contribution in [1.29, 1.82) is 0 Å². The van der Waals surface area contributed by atoms with Crippen molar-refractivity contribution in [3.8, 4) is 0 Å².